The second kappa shape index (κ2) is 12.5. The second-order valence-electron chi connectivity index (χ2n) is 9.38. The van der Waals surface area contributed by atoms with E-state index in [0.717, 1.165) is 29.5 Å². The van der Waals surface area contributed by atoms with Crippen molar-refractivity contribution in [3.8, 4) is 16.2 Å². The Labute approximate surface area is 231 Å². The molecule has 0 aliphatic heterocycles. The number of alkyl halides is 3. The molecule has 4 aromatic rings. The monoisotopic (exact) mass is 577 g/mol. The predicted octanol–water partition coefficient (Wildman–Crippen LogP) is 7.17. The predicted molar refractivity (Wildman–Crippen MR) is 142 cm³/mol. The summed E-state index contributed by atoms with van der Waals surface area (Å²) in [5, 5.41) is 10.0. The smallest absolute Gasteiger partial charge is 0.481 e. The minimum atomic E-state index is -5.01. The van der Waals surface area contributed by atoms with Crippen LogP contribution >= 0.6 is 11.3 Å². The first-order valence-corrected chi connectivity index (χ1v) is 13.4. The molecule has 1 fully saturated rings. The van der Waals surface area contributed by atoms with Gasteiger partial charge in [-0.25, -0.2) is 9.37 Å². The zero-order valence-corrected chi connectivity index (χ0v) is 22.3. The maximum atomic E-state index is 13.6. The van der Waals surface area contributed by atoms with Crippen molar-refractivity contribution < 1.29 is 37.0 Å². The van der Waals surface area contributed by atoms with Gasteiger partial charge >= 0.3 is 6.36 Å². The van der Waals surface area contributed by atoms with E-state index in [1.807, 2.05) is 6.20 Å². The van der Waals surface area contributed by atoms with E-state index < -0.39 is 29.8 Å². The Morgan fingerprint density at radius 1 is 1.10 bits per heavy atom. The van der Waals surface area contributed by atoms with Crippen LogP contribution in [0.15, 0.2) is 54.9 Å². The number of imidazole rings is 1. The van der Waals surface area contributed by atoms with Crippen LogP contribution in [0, 0.1) is 5.82 Å². The van der Waals surface area contributed by atoms with Crippen molar-refractivity contribution >= 4 is 28.2 Å². The molecule has 12 heteroatoms. The minimum absolute atomic E-state index is 0.114. The van der Waals surface area contributed by atoms with Crippen LogP contribution in [0.1, 0.15) is 66.6 Å². The fourth-order valence-corrected chi connectivity index (χ4v) is 5.50. The number of carbonyl (C=O) groups excluding carboxylic acids is 1. The molecule has 0 spiro atoms. The lowest BCUT2D eigenvalue weighted by Crippen LogP contribution is -2.23. The quantitative estimate of drug-likeness (QED) is 0.237. The maximum absolute atomic E-state index is 13.6. The third kappa shape index (κ3) is 7.81. The molecule has 2 aromatic carbocycles. The van der Waals surface area contributed by atoms with Crippen LogP contribution in [0.2, 0.25) is 0 Å². The van der Waals surface area contributed by atoms with Gasteiger partial charge in [-0.15, -0.1) is 13.2 Å². The number of ether oxygens (including phenoxy) is 1. The summed E-state index contributed by atoms with van der Waals surface area (Å²) >= 11 is 1.46. The summed E-state index contributed by atoms with van der Waals surface area (Å²) in [6, 6.07) is 11.7. The third-order valence-electron chi connectivity index (χ3n) is 6.33. The average molecular weight is 578 g/mol. The Hall–Kier alpha value is -3.93. The van der Waals surface area contributed by atoms with Gasteiger partial charge in [-0.2, -0.15) is 0 Å². The van der Waals surface area contributed by atoms with Crippen molar-refractivity contribution in [1.82, 2.24) is 14.7 Å². The van der Waals surface area contributed by atoms with Crippen LogP contribution in [0.5, 0.6) is 5.75 Å². The van der Waals surface area contributed by atoms with Crippen molar-refractivity contribution in [1.29, 1.82) is 0 Å². The molecule has 2 aromatic heterocycles. The highest BCUT2D eigenvalue weighted by Gasteiger charge is 2.32. The van der Waals surface area contributed by atoms with E-state index in [0.29, 0.717) is 10.9 Å². The van der Waals surface area contributed by atoms with Gasteiger partial charge in [-0.3, -0.25) is 14.0 Å². The van der Waals surface area contributed by atoms with E-state index in [-0.39, 0.29) is 17.8 Å². The van der Waals surface area contributed by atoms with Crippen molar-refractivity contribution in [3.63, 3.8) is 0 Å². The number of nitrogens with zero attached hydrogens (tertiary/aromatic N) is 2. The maximum Gasteiger partial charge on any atom is 0.573 e. The molecule has 0 saturated heterocycles. The van der Waals surface area contributed by atoms with E-state index in [1.54, 1.807) is 10.6 Å². The average Bonchev–Trinajstić information content (AvgIpc) is 3.48. The summed E-state index contributed by atoms with van der Waals surface area (Å²) in [7, 11) is 0. The number of carbonyl (C=O) groups is 2. The number of carboxylic acid groups (broad SMARTS) is 1. The zero-order valence-electron chi connectivity index (χ0n) is 21.5. The molecule has 0 atom stereocenters. The summed E-state index contributed by atoms with van der Waals surface area (Å²) in [4.78, 5) is 27.6. The number of halogens is 4. The number of aromatic nitrogens is 2. The lowest BCUT2D eigenvalue weighted by atomic mass is 9.84. The van der Waals surface area contributed by atoms with Crippen LogP contribution < -0.4 is 10.1 Å². The lowest BCUT2D eigenvalue weighted by Gasteiger charge is -2.22. The minimum Gasteiger partial charge on any atom is -0.481 e. The molecule has 7 nitrogen and oxygen atoms in total. The van der Waals surface area contributed by atoms with Crippen LogP contribution in [0.3, 0.4) is 0 Å². The molecule has 40 heavy (non-hydrogen) atoms. The third-order valence-corrected chi connectivity index (χ3v) is 7.38. The van der Waals surface area contributed by atoms with Gasteiger partial charge in [0.2, 0.25) is 0 Å². The van der Waals surface area contributed by atoms with E-state index >= 15 is 0 Å². The van der Waals surface area contributed by atoms with Gasteiger partial charge in [-0.1, -0.05) is 60.9 Å². The molecule has 0 radical (unpaired) electrons. The van der Waals surface area contributed by atoms with E-state index in [9.17, 15) is 22.4 Å². The number of rotatable bonds is 6. The fourth-order valence-electron chi connectivity index (χ4n) is 4.53. The summed E-state index contributed by atoms with van der Waals surface area (Å²) in [6.07, 6.45) is 4.92. The second-order valence-corrected chi connectivity index (χ2v) is 10.4. The Balaban J connectivity index is 0.000000867. The number of benzene rings is 2. The van der Waals surface area contributed by atoms with Crippen molar-refractivity contribution in [2.45, 2.75) is 57.9 Å². The molecular weight excluding hydrogens is 550 g/mol. The molecular formula is C28H27F4N3O4S. The number of amides is 1. The summed E-state index contributed by atoms with van der Waals surface area (Å²) in [5.74, 6) is -2.77. The molecule has 1 aliphatic rings. The molecule has 1 aliphatic carbocycles. The summed E-state index contributed by atoms with van der Waals surface area (Å²) in [6.45, 7) is 0.969. The zero-order chi connectivity index (χ0) is 28.9. The van der Waals surface area contributed by atoms with Crippen LogP contribution in [0.4, 0.5) is 17.6 Å². The largest absolute Gasteiger partial charge is 0.573 e. The number of hydrogen-bond acceptors (Lipinski definition) is 5. The molecule has 1 amide bonds. The van der Waals surface area contributed by atoms with E-state index in [1.165, 1.54) is 55.1 Å². The molecule has 212 valence electrons. The van der Waals surface area contributed by atoms with Crippen molar-refractivity contribution in [2.24, 2.45) is 0 Å². The Morgan fingerprint density at radius 3 is 2.40 bits per heavy atom. The highest BCUT2D eigenvalue weighted by atomic mass is 32.1. The van der Waals surface area contributed by atoms with E-state index in [2.05, 4.69) is 39.3 Å². The highest BCUT2D eigenvalue weighted by molar-refractivity contribution is 7.20. The van der Waals surface area contributed by atoms with Gasteiger partial charge in [0.15, 0.2) is 16.5 Å². The standard InChI is InChI=1S/C26H23F4N3O2S.C2H4O2/c27-20-11-6-16(12-22(20)35-26(28,29)30)13-31-24(34)21-14-33-15-23(36-25(33)32-21)19-9-7-18(8-10-19)17-4-2-1-3-5-17;1-2(3)4/h6-12,14-15,17H,1-5,13H2,(H,31,34);1H3,(H,3,4). The van der Waals surface area contributed by atoms with Gasteiger partial charge in [0.25, 0.3) is 11.9 Å². The number of fused-ring (bicyclic) bond motifs is 1. The topological polar surface area (TPSA) is 92.9 Å². The molecule has 5 rings (SSSR count). The summed E-state index contributed by atoms with van der Waals surface area (Å²) in [5.41, 5.74) is 2.90. The molecule has 2 heterocycles. The first kappa shape index (κ1) is 29.1. The Bertz CT molecular complexity index is 1440. The summed E-state index contributed by atoms with van der Waals surface area (Å²) < 4.78 is 56.3. The van der Waals surface area contributed by atoms with Crippen LogP contribution in [0.25, 0.3) is 15.4 Å². The normalized spacial score (nSPS) is 13.9. The molecule has 0 unspecified atom stereocenters. The van der Waals surface area contributed by atoms with Crippen LogP contribution in [-0.4, -0.2) is 32.7 Å². The molecule has 1 saturated carbocycles. The molecule has 0 bridgehead atoms. The van der Waals surface area contributed by atoms with Gasteiger partial charge in [0.05, 0.1) is 4.88 Å². The number of nitrogens with one attached hydrogen (secondary N) is 1. The Kier molecular flexibility index (Phi) is 9.08. The Morgan fingerprint density at radius 2 is 1.77 bits per heavy atom. The molecule has 2 N–H and O–H groups in total. The number of carboxylic acids is 1. The van der Waals surface area contributed by atoms with Crippen molar-refractivity contribution in [2.75, 3.05) is 0 Å². The first-order chi connectivity index (χ1) is 19.0. The highest BCUT2D eigenvalue weighted by Crippen LogP contribution is 2.35. The van der Waals surface area contributed by atoms with Crippen molar-refractivity contribution in [3.05, 3.63) is 77.5 Å². The lowest BCUT2D eigenvalue weighted by molar-refractivity contribution is -0.275. The van der Waals surface area contributed by atoms with Gasteiger partial charge in [0, 0.05) is 25.9 Å². The van der Waals surface area contributed by atoms with Gasteiger partial charge < -0.3 is 15.2 Å². The number of thiazole rings is 1. The van der Waals surface area contributed by atoms with E-state index in [4.69, 9.17) is 9.90 Å². The van der Waals surface area contributed by atoms with Gasteiger partial charge in [0.1, 0.15) is 5.69 Å². The first-order valence-electron chi connectivity index (χ1n) is 12.6. The van der Waals surface area contributed by atoms with Gasteiger partial charge in [-0.05, 0) is 47.6 Å². The fraction of sp³-hybridized carbons (Fsp3) is 0.321. The number of aliphatic carboxylic acids is 1. The SMILES string of the molecule is CC(=O)O.O=C(NCc1ccc(F)c(OC(F)(F)F)c1)c1cn2cc(-c3ccc(C4CCCCC4)cc3)sc2n1. The number of hydrogen-bond donors (Lipinski definition) is 2. The van der Waals surface area contributed by atoms with Crippen LogP contribution in [-0.2, 0) is 11.3 Å².